The Labute approximate surface area is 232 Å². The van der Waals surface area contributed by atoms with Gasteiger partial charge in [-0.25, -0.2) is 9.37 Å². The number of nitrogens with zero attached hydrogens (tertiary/aromatic N) is 7. The van der Waals surface area contributed by atoms with Crippen molar-refractivity contribution in [2.24, 2.45) is 0 Å². The molecule has 0 aliphatic carbocycles. The van der Waals surface area contributed by atoms with Crippen LogP contribution in [0.1, 0.15) is 36.7 Å². The highest BCUT2D eigenvalue weighted by Gasteiger charge is 2.33. The predicted octanol–water partition coefficient (Wildman–Crippen LogP) is 4.55. The SMILES string of the molecule is C[C@@H]1Cn2cnc(F)c2CN1c1nc(OC[C@H]2CCCN2C)nc2c1CCN(c1cccc3cccc(F)c13)C2. The molecule has 0 amide bonds. The summed E-state index contributed by atoms with van der Waals surface area (Å²) in [6.07, 6.45) is 4.50. The van der Waals surface area contributed by atoms with Crippen LogP contribution in [-0.2, 0) is 26.1 Å². The number of aromatic nitrogens is 4. The molecule has 2 aromatic heterocycles. The molecule has 1 fully saturated rings. The van der Waals surface area contributed by atoms with Gasteiger partial charge in [0.05, 0.1) is 30.8 Å². The van der Waals surface area contributed by atoms with Crippen LogP contribution in [0.5, 0.6) is 6.01 Å². The average Bonchev–Trinajstić information content (AvgIpc) is 3.54. The number of anilines is 2. The van der Waals surface area contributed by atoms with Crippen molar-refractivity contribution in [2.45, 2.75) is 57.9 Å². The number of halogens is 2. The lowest BCUT2D eigenvalue weighted by Gasteiger charge is -2.38. The summed E-state index contributed by atoms with van der Waals surface area (Å²) in [4.78, 5) is 20.4. The molecule has 0 unspecified atom stereocenters. The summed E-state index contributed by atoms with van der Waals surface area (Å²) < 4.78 is 37.7. The molecule has 5 heterocycles. The molecule has 7 rings (SSSR count). The van der Waals surface area contributed by atoms with Crippen molar-refractivity contribution in [3.8, 4) is 6.01 Å². The summed E-state index contributed by atoms with van der Waals surface area (Å²) in [5, 5.41) is 1.49. The Kier molecular flexibility index (Phi) is 6.30. The van der Waals surface area contributed by atoms with Crippen molar-refractivity contribution >= 4 is 22.3 Å². The first-order valence-electron chi connectivity index (χ1n) is 14.1. The molecule has 1 saturated heterocycles. The molecule has 0 radical (unpaired) electrons. The molecule has 4 aromatic rings. The second-order valence-electron chi connectivity index (χ2n) is 11.2. The largest absolute Gasteiger partial charge is 0.462 e. The van der Waals surface area contributed by atoms with Crippen LogP contribution in [0.4, 0.5) is 20.3 Å². The van der Waals surface area contributed by atoms with E-state index in [-0.39, 0.29) is 11.9 Å². The van der Waals surface area contributed by atoms with E-state index in [0.29, 0.717) is 62.3 Å². The maximum atomic E-state index is 15.0. The van der Waals surface area contributed by atoms with Gasteiger partial charge in [0.1, 0.15) is 18.2 Å². The minimum Gasteiger partial charge on any atom is -0.462 e. The molecule has 208 valence electrons. The van der Waals surface area contributed by atoms with Gasteiger partial charge < -0.3 is 24.0 Å². The van der Waals surface area contributed by atoms with Crippen molar-refractivity contribution in [1.82, 2.24) is 24.4 Å². The second kappa shape index (κ2) is 9.99. The van der Waals surface area contributed by atoms with Gasteiger partial charge >= 0.3 is 6.01 Å². The van der Waals surface area contributed by atoms with Gasteiger partial charge in [-0.15, -0.1) is 0 Å². The number of likely N-dealkylation sites (tertiary alicyclic amines) is 1. The van der Waals surface area contributed by atoms with Crippen molar-refractivity contribution < 1.29 is 13.5 Å². The molecule has 0 saturated carbocycles. The molecule has 2 atom stereocenters. The van der Waals surface area contributed by atoms with E-state index in [1.807, 2.05) is 28.8 Å². The lowest BCUT2D eigenvalue weighted by molar-refractivity contribution is 0.187. The van der Waals surface area contributed by atoms with Crippen molar-refractivity contribution in [1.29, 1.82) is 0 Å². The standard InChI is InChI=1S/C30H33F2N7O/c1-19-14-38-18-33-28(32)26(38)16-39(19)29-22-11-13-37(25-10-4-7-20-6-3-9-23(31)27(20)25)15-24(22)34-30(35-29)40-17-21-8-5-12-36(21)2/h3-4,6-7,9-10,18-19,21H,5,8,11-17H2,1-2H3/t19-,21-/m1/s1. The zero-order chi connectivity index (χ0) is 27.4. The highest BCUT2D eigenvalue weighted by molar-refractivity contribution is 5.95. The minimum atomic E-state index is -0.440. The van der Waals surface area contributed by atoms with Crippen LogP contribution in [0.15, 0.2) is 42.7 Å². The van der Waals surface area contributed by atoms with Crippen LogP contribution in [-0.4, -0.2) is 63.2 Å². The average molecular weight is 546 g/mol. The molecule has 3 aliphatic heterocycles. The third-order valence-corrected chi connectivity index (χ3v) is 8.75. The molecule has 40 heavy (non-hydrogen) atoms. The van der Waals surface area contributed by atoms with Crippen LogP contribution in [0.25, 0.3) is 10.8 Å². The van der Waals surface area contributed by atoms with Crippen LogP contribution in [0, 0.1) is 11.8 Å². The number of likely N-dealkylation sites (N-methyl/N-ethyl adjacent to an activating group) is 1. The number of hydrogen-bond acceptors (Lipinski definition) is 7. The molecule has 0 N–H and O–H groups in total. The molecule has 0 spiro atoms. The fourth-order valence-corrected chi connectivity index (χ4v) is 6.48. The minimum absolute atomic E-state index is 0.0825. The molecule has 8 nitrogen and oxygen atoms in total. The highest BCUT2D eigenvalue weighted by Crippen LogP contribution is 2.37. The van der Waals surface area contributed by atoms with Gasteiger partial charge in [0.25, 0.3) is 0 Å². The van der Waals surface area contributed by atoms with Crippen molar-refractivity contribution in [2.75, 3.05) is 36.5 Å². The Bertz CT molecular complexity index is 1570. The van der Waals surface area contributed by atoms with E-state index in [0.717, 1.165) is 47.5 Å². The van der Waals surface area contributed by atoms with Crippen LogP contribution in [0.2, 0.25) is 0 Å². The third-order valence-electron chi connectivity index (χ3n) is 8.75. The van der Waals surface area contributed by atoms with E-state index in [1.165, 1.54) is 6.07 Å². The summed E-state index contributed by atoms with van der Waals surface area (Å²) >= 11 is 0. The van der Waals surface area contributed by atoms with Gasteiger partial charge in [-0.05, 0) is 57.3 Å². The molecule has 3 aliphatic rings. The summed E-state index contributed by atoms with van der Waals surface area (Å²) in [5.74, 6) is 0.125. The normalized spacial score (nSPS) is 21.1. The van der Waals surface area contributed by atoms with Gasteiger partial charge in [0, 0.05) is 41.8 Å². The number of rotatable bonds is 5. The number of ether oxygens (including phenoxy) is 1. The van der Waals surface area contributed by atoms with E-state index in [9.17, 15) is 8.78 Å². The lowest BCUT2D eigenvalue weighted by Crippen LogP contribution is -2.43. The third kappa shape index (κ3) is 4.34. The van der Waals surface area contributed by atoms with E-state index >= 15 is 0 Å². The van der Waals surface area contributed by atoms with E-state index in [1.54, 1.807) is 12.4 Å². The molecule has 2 aromatic carbocycles. The number of benzene rings is 2. The quantitative estimate of drug-likeness (QED) is 0.365. The van der Waals surface area contributed by atoms with Crippen LogP contribution < -0.4 is 14.5 Å². The van der Waals surface area contributed by atoms with Gasteiger partial charge in [0.15, 0.2) is 0 Å². The van der Waals surface area contributed by atoms with Gasteiger partial charge in [-0.1, -0.05) is 24.3 Å². The monoisotopic (exact) mass is 545 g/mol. The second-order valence-corrected chi connectivity index (χ2v) is 11.2. The smallest absolute Gasteiger partial charge is 0.318 e. The van der Waals surface area contributed by atoms with Crippen molar-refractivity contribution in [3.05, 3.63) is 71.4 Å². The first kappa shape index (κ1) is 25.2. The zero-order valence-electron chi connectivity index (χ0n) is 22.9. The maximum Gasteiger partial charge on any atom is 0.318 e. The van der Waals surface area contributed by atoms with Crippen LogP contribution in [0.3, 0.4) is 0 Å². The van der Waals surface area contributed by atoms with Gasteiger partial charge in [0.2, 0.25) is 5.95 Å². The Morgan fingerprint density at radius 1 is 1.05 bits per heavy atom. The highest BCUT2D eigenvalue weighted by atomic mass is 19.1. The van der Waals surface area contributed by atoms with Crippen LogP contribution >= 0.6 is 0 Å². The van der Waals surface area contributed by atoms with E-state index < -0.39 is 5.95 Å². The number of hydrogen-bond donors (Lipinski definition) is 0. The zero-order valence-corrected chi connectivity index (χ0v) is 22.9. The predicted molar refractivity (Wildman–Crippen MR) is 150 cm³/mol. The topological polar surface area (TPSA) is 62.6 Å². The molecule has 0 bridgehead atoms. The Balaban J connectivity index is 1.26. The molecule has 10 heteroatoms. The molecular weight excluding hydrogens is 512 g/mol. The summed E-state index contributed by atoms with van der Waals surface area (Å²) in [6, 6.07) is 11.8. The van der Waals surface area contributed by atoms with Gasteiger partial charge in [-0.3, -0.25) is 0 Å². The Morgan fingerprint density at radius 3 is 2.73 bits per heavy atom. The Morgan fingerprint density at radius 2 is 1.90 bits per heavy atom. The van der Waals surface area contributed by atoms with E-state index in [2.05, 4.69) is 33.7 Å². The lowest BCUT2D eigenvalue weighted by atomic mass is 10.0. The van der Waals surface area contributed by atoms with Gasteiger partial charge in [-0.2, -0.15) is 14.4 Å². The summed E-state index contributed by atoms with van der Waals surface area (Å²) in [5.41, 5.74) is 3.33. The number of fused-ring (bicyclic) bond motifs is 3. The van der Waals surface area contributed by atoms with E-state index in [4.69, 9.17) is 14.7 Å². The summed E-state index contributed by atoms with van der Waals surface area (Å²) in [7, 11) is 2.12. The first-order valence-corrected chi connectivity index (χ1v) is 14.1. The first-order chi connectivity index (χ1) is 19.5. The number of imidazole rings is 1. The summed E-state index contributed by atoms with van der Waals surface area (Å²) in [6.45, 7) is 5.90. The van der Waals surface area contributed by atoms with Crippen molar-refractivity contribution in [3.63, 3.8) is 0 Å². The fourth-order valence-electron chi connectivity index (χ4n) is 6.48. The maximum absolute atomic E-state index is 15.0. The molecular formula is C30H33F2N7O. The fraction of sp³-hybridized carbons (Fsp3) is 0.433. The Hall–Kier alpha value is -3.79.